The summed E-state index contributed by atoms with van der Waals surface area (Å²) < 4.78 is 1.70. The van der Waals surface area contributed by atoms with Crippen molar-refractivity contribution in [1.82, 2.24) is 9.47 Å². The van der Waals surface area contributed by atoms with Crippen molar-refractivity contribution in [2.45, 2.75) is 33.0 Å². The van der Waals surface area contributed by atoms with Crippen LogP contribution < -0.4 is 11.3 Å². The van der Waals surface area contributed by atoms with Crippen LogP contribution in [0.25, 0.3) is 0 Å². The molecule has 0 radical (unpaired) electrons. The van der Waals surface area contributed by atoms with Crippen molar-refractivity contribution in [1.29, 1.82) is 0 Å². The number of nitrogens with two attached hydrogens (primary N) is 1. The SMILES string of the molecule is CCN1CCc2c(cc(CN)c(=O)n2CCO)C1. The maximum Gasteiger partial charge on any atom is 0.255 e. The molecule has 0 aliphatic carbocycles. The number of rotatable bonds is 4. The predicted octanol–water partition coefficient (Wildman–Crippen LogP) is -0.323. The van der Waals surface area contributed by atoms with Gasteiger partial charge in [0, 0.05) is 43.9 Å². The van der Waals surface area contributed by atoms with Gasteiger partial charge in [0.1, 0.15) is 0 Å². The highest BCUT2D eigenvalue weighted by Gasteiger charge is 2.20. The highest BCUT2D eigenvalue weighted by atomic mass is 16.3. The molecule has 5 nitrogen and oxygen atoms in total. The van der Waals surface area contributed by atoms with Crippen molar-refractivity contribution in [3.8, 4) is 0 Å². The smallest absolute Gasteiger partial charge is 0.255 e. The van der Waals surface area contributed by atoms with Gasteiger partial charge in [-0.3, -0.25) is 9.69 Å². The summed E-state index contributed by atoms with van der Waals surface area (Å²) in [5.41, 5.74) is 8.46. The van der Waals surface area contributed by atoms with E-state index in [1.165, 1.54) is 5.56 Å². The van der Waals surface area contributed by atoms with E-state index in [0.717, 1.165) is 31.7 Å². The normalized spacial score (nSPS) is 15.7. The van der Waals surface area contributed by atoms with E-state index in [4.69, 9.17) is 10.8 Å². The number of hydrogen-bond acceptors (Lipinski definition) is 4. The minimum atomic E-state index is -0.0461. The van der Waals surface area contributed by atoms with Gasteiger partial charge in [0.05, 0.1) is 6.61 Å². The Bertz CT molecular complexity index is 482. The van der Waals surface area contributed by atoms with Crippen LogP contribution >= 0.6 is 0 Å². The number of likely N-dealkylation sites (N-methyl/N-ethyl adjacent to an activating group) is 1. The van der Waals surface area contributed by atoms with Crippen molar-refractivity contribution >= 4 is 0 Å². The molecule has 18 heavy (non-hydrogen) atoms. The minimum Gasteiger partial charge on any atom is -0.395 e. The molecule has 0 bridgehead atoms. The topological polar surface area (TPSA) is 71.5 Å². The average Bonchev–Trinajstić information content (AvgIpc) is 2.41. The lowest BCUT2D eigenvalue weighted by atomic mass is 10.0. The molecule has 1 aromatic heterocycles. The van der Waals surface area contributed by atoms with Gasteiger partial charge in [0.2, 0.25) is 0 Å². The second kappa shape index (κ2) is 5.65. The first-order valence-electron chi connectivity index (χ1n) is 6.49. The first kappa shape index (κ1) is 13.3. The molecule has 0 amide bonds. The first-order valence-corrected chi connectivity index (χ1v) is 6.49. The van der Waals surface area contributed by atoms with Crippen LogP contribution in [0.1, 0.15) is 23.7 Å². The quantitative estimate of drug-likeness (QED) is 0.769. The molecule has 100 valence electrons. The number of aliphatic hydroxyl groups excluding tert-OH is 1. The summed E-state index contributed by atoms with van der Waals surface area (Å²) in [5.74, 6) is 0. The van der Waals surface area contributed by atoms with Crippen molar-refractivity contribution in [2.24, 2.45) is 5.73 Å². The Labute approximate surface area is 107 Å². The van der Waals surface area contributed by atoms with Gasteiger partial charge in [-0.25, -0.2) is 0 Å². The highest BCUT2D eigenvalue weighted by Crippen LogP contribution is 2.18. The maximum atomic E-state index is 12.2. The fourth-order valence-corrected chi connectivity index (χ4v) is 2.59. The van der Waals surface area contributed by atoms with Crippen molar-refractivity contribution in [3.63, 3.8) is 0 Å². The third-order valence-corrected chi connectivity index (χ3v) is 3.61. The second-order valence-electron chi connectivity index (χ2n) is 4.64. The Morgan fingerprint density at radius 2 is 2.28 bits per heavy atom. The minimum absolute atomic E-state index is 0.0160. The molecular formula is C13H21N3O2. The van der Waals surface area contributed by atoms with E-state index in [1.807, 2.05) is 6.07 Å². The fourth-order valence-electron chi connectivity index (χ4n) is 2.59. The Hall–Kier alpha value is -1.17. The summed E-state index contributed by atoms with van der Waals surface area (Å²) in [6, 6.07) is 1.94. The molecular weight excluding hydrogens is 230 g/mol. The zero-order valence-electron chi connectivity index (χ0n) is 10.9. The summed E-state index contributed by atoms with van der Waals surface area (Å²) in [5, 5.41) is 9.11. The van der Waals surface area contributed by atoms with Gasteiger partial charge >= 0.3 is 0 Å². The summed E-state index contributed by atoms with van der Waals surface area (Å²) in [4.78, 5) is 14.5. The van der Waals surface area contributed by atoms with Crippen LogP contribution in [-0.2, 0) is 26.1 Å². The van der Waals surface area contributed by atoms with Crippen LogP contribution in [0, 0.1) is 0 Å². The number of pyridine rings is 1. The highest BCUT2D eigenvalue weighted by molar-refractivity contribution is 5.29. The predicted molar refractivity (Wildman–Crippen MR) is 70.3 cm³/mol. The van der Waals surface area contributed by atoms with Crippen molar-refractivity contribution < 1.29 is 5.11 Å². The molecule has 0 saturated carbocycles. The van der Waals surface area contributed by atoms with E-state index in [-0.39, 0.29) is 18.7 Å². The largest absolute Gasteiger partial charge is 0.395 e. The van der Waals surface area contributed by atoms with Gasteiger partial charge in [-0.1, -0.05) is 6.92 Å². The van der Waals surface area contributed by atoms with E-state index in [9.17, 15) is 4.79 Å². The van der Waals surface area contributed by atoms with Crippen molar-refractivity contribution in [3.05, 3.63) is 33.2 Å². The summed E-state index contributed by atoms with van der Waals surface area (Å²) in [6.45, 7) is 5.58. The van der Waals surface area contributed by atoms with E-state index in [0.29, 0.717) is 12.1 Å². The maximum absolute atomic E-state index is 12.2. The average molecular weight is 251 g/mol. The Balaban J connectivity index is 2.49. The standard InChI is InChI=1S/C13H21N3O2/c1-2-15-4-3-12-11(9-15)7-10(8-14)13(18)16(12)5-6-17/h7,17H,2-6,8-9,14H2,1H3. The summed E-state index contributed by atoms with van der Waals surface area (Å²) in [6.07, 6.45) is 0.864. The van der Waals surface area contributed by atoms with Gasteiger partial charge in [-0.15, -0.1) is 0 Å². The molecule has 1 aromatic rings. The molecule has 5 heteroatoms. The zero-order valence-corrected chi connectivity index (χ0v) is 10.9. The lowest BCUT2D eigenvalue weighted by molar-refractivity contribution is 0.249. The molecule has 1 aliphatic rings. The van der Waals surface area contributed by atoms with Gasteiger partial charge < -0.3 is 15.4 Å². The van der Waals surface area contributed by atoms with Crippen LogP contribution in [0.3, 0.4) is 0 Å². The fraction of sp³-hybridized carbons (Fsp3) is 0.615. The third-order valence-electron chi connectivity index (χ3n) is 3.61. The molecule has 0 aromatic carbocycles. The van der Waals surface area contributed by atoms with Crippen LogP contribution in [0.4, 0.5) is 0 Å². The molecule has 0 fully saturated rings. The number of aliphatic hydroxyl groups is 1. The molecule has 3 N–H and O–H groups in total. The van der Waals surface area contributed by atoms with Crippen LogP contribution in [0.2, 0.25) is 0 Å². The van der Waals surface area contributed by atoms with Gasteiger partial charge in [0.25, 0.3) is 5.56 Å². The number of aromatic nitrogens is 1. The number of hydrogen-bond donors (Lipinski definition) is 2. The summed E-state index contributed by atoms with van der Waals surface area (Å²) in [7, 11) is 0. The lowest BCUT2D eigenvalue weighted by Gasteiger charge is -2.30. The molecule has 0 spiro atoms. The van der Waals surface area contributed by atoms with Gasteiger partial charge in [-0.2, -0.15) is 0 Å². The molecule has 2 rings (SSSR count). The van der Waals surface area contributed by atoms with Crippen LogP contribution in [0.5, 0.6) is 0 Å². The van der Waals surface area contributed by atoms with Crippen LogP contribution in [-0.4, -0.2) is 34.3 Å². The first-order chi connectivity index (χ1) is 8.71. The van der Waals surface area contributed by atoms with E-state index in [2.05, 4.69) is 11.8 Å². The third kappa shape index (κ3) is 2.34. The van der Waals surface area contributed by atoms with E-state index < -0.39 is 0 Å². The Morgan fingerprint density at radius 3 is 2.89 bits per heavy atom. The lowest BCUT2D eigenvalue weighted by Crippen LogP contribution is -2.37. The van der Waals surface area contributed by atoms with E-state index in [1.54, 1.807) is 4.57 Å². The van der Waals surface area contributed by atoms with E-state index >= 15 is 0 Å². The Morgan fingerprint density at radius 1 is 1.50 bits per heavy atom. The monoisotopic (exact) mass is 251 g/mol. The van der Waals surface area contributed by atoms with Gasteiger partial charge in [0.15, 0.2) is 0 Å². The number of fused-ring (bicyclic) bond motifs is 1. The van der Waals surface area contributed by atoms with Crippen LogP contribution in [0.15, 0.2) is 10.9 Å². The van der Waals surface area contributed by atoms with Crippen molar-refractivity contribution in [2.75, 3.05) is 19.7 Å². The summed E-state index contributed by atoms with van der Waals surface area (Å²) >= 11 is 0. The molecule has 0 saturated heterocycles. The van der Waals surface area contributed by atoms with Gasteiger partial charge in [-0.05, 0) is 18.2 Å². The zero-order chi connectivity index (χ0) is 13.1. The molecule has 0 unspecified atom stereocenters. The Kier molecular flexibility index (Phi) is 4.16. The molecule has 2 heterocycles. The second-order valence-corrected chi connectivity index (χ2v) is 4.64. The molecule has 0 atom stereocenters. The molecule has 1 aliphatic heterocycles. The number of nitrogens with zero attached hydrogens (tertiary/aromatic N) is 2.